The van der Waals surface area contributed by atoms with Gasteiger partial charge in [-0.25, -0.2) is 0 Å². The van der Waals surface area contributed by atoms with Crippen molar-refractivity contribution in [2.75, 3.05) is 5.32 Å². The van der Waals surface area contributed by atoms with Gasteiger partial charge in [0.15, 0.2) is 11.5 Å². The molecule has 1 aliphatic rings. The third-order valence-corrected chi connectivity index (χ3v) is 3.99. The summed E-state index contributed by atoms with van der Waals surface area (Å²) < 4.78 is 35.7. The van der Waals surface area contributed by atoms with E-state index in [-0.39, 0.29) is 11.5 Å². The number of anilines is 1. The molecule has 0 spiro atoms. The van der Waals surface area contributed by atoms with Gasteiger partial charge in [-0.15, -0.1) is 8.78 Å². The first kappa shape index (κ1) is 14.1. The summed E-state index contributed by atoms with van der Waals surface area (Å²) in [4.78, 5) is 0. The van der Waals surface area contributed by atoms with Crippen LogP contribution < -0.4 is 14.8 Å². The van der Waals surface area contributed by atoms with Crippen LogP contribution in [-0.2, 0) is 6.54 Å². The van der Waals surface area contributed by atoms with Crippen molar-refractivity contribution in [1.29, 1.82) is 0 Å². The topological polar surface area (TPSA) is 30.5 Å². The lowest BCUT2D eigenvalue weighted by Crippen LogP contribution is -2.25. The quantitative estimate of drug-likeness (QED) is 0.866. The number of benzene rings is 2. The number of aryl methyl sites for hydroxylation is 1. The van der Waals surface area contributed by atoms with E-state index in [0.29, 0.717) is 12.2 Å². The van der Waals surface area contributed by atoms with Crippen LogP contribution in [0.15, 0.2) is 40.9 Å². The van der Waals surface area contributed by atoms with Gasteiger partial charge in [0.2, 0.25) is 0 Å². The largest absolute Gasteiger partial charge is 0.586 e. The Bertz CT molecular complexity index is 691. The third kappa shape index (κ3) is 3.10. The Morgan fingerprint density at radius 2 is 1.86 bits per heavy atom. The van der Waals surface area contributed by atoms with Crippen LogP contribution in [0.2, 0.25) is 0 Å². The molecule has 110 valence electrons. The fourth-order valence-electron chi connectivity index (χ4n) is 2.01. The maximum absolute atomic E-state index is 12.9. The predicted molar refractivity (Wildman–Crippen MR) is 78.9 cm³/mol. The van der Waals surface area contributed by atoms with E-state index in [1.165, 1.54) is 12.1 Å². The van der Waals surface area contributed by atoms with E-state index in [4.69, 9.17) is 0 Å². The van der Waals surface area contributed by atoms with Crippen LogP contribution in [-0.4, -0.2) is 6.29 Å². The zero-order valence-electron chi connectivity index (χ0n) is 11.1. The minimum absolute atomic E-state index is 0.0371. The maximum Gasteiger partial charge on any atom is 0.586 e. The van der Waals surface area contributed by atoms with Gasteiger partial charge in [-0.05, 0) is 36.2 Å². The summed E-state index contributed by atoms with van der Waals surface area (Å²) >= 11 is 3.48. The van der Waals surface area contributed by atoms with Crippen molar-refractivity contribution in [3.05, 3.63) is 52.0 Å². The molecular weight excluding hydrogens is 344 g/mol. The van der Waals surface area contributed by atoms with Gasteiger partial charge in [-0.1, -0.05) is 28.1 Å². The van der Waals surface area contributed by atoms with E-state index in [0.717, 1.165) is 15.6 Å². The first-order chi connectivity index (χ1) is 9.93. The predicted octanol–water partition coefficient (Wildman–Crippen LogP) is 4.69. The molecule has 3 nitrogen and oxygen atoms in total. The standard InChI is InChI=1S/C15H12BrF2NO2/c1-9-2-3-10(6-12(9)16)8-19-11-4-5-13-14(7-11)21-15(17,18)20-13/h2-7,19H,8H2,1H3. The summed E-state index contributed by atoms with van der Waals surface area (Å²) in [7, 11) is 0. The number of nitrogens with one attached hydrogen (secondary N) is 1. The molecule has 0 radical (unpaired) electrons. The zero-order chi connectivity index (χ0) is 15.0. The molecule has 6 heteroatoms. The van der Waals surface area contributed by atoms with Crippen molar-refractivity contribution >= 4 is 21.6 Å². The zero-order valence-corrected chi connectivity index (χ0v) is 12.7. The third-order valence-electron chi connectivity index (χ3n) is 3.13. The van der Waals surface area contributed by atoms with Crippen LogP contribution in [0.1, 0.15) is 11.1 Å². The minimum Gasteiger partial charge on any atom is -0.395 e. The first-order valence-corrected chi connectivity index (χ1v) is 7.11. The van der Waals surface area contributed by atoms with Crippen molar-refractivity contribution in [3.63, 3.8) is 0 Å². The summed E-state index contributed by atoms with van der Waals surface area (Å²) in [6.07, 6.45) is -3.58. The van der Waals surface area contributed by atoms with Crippen LogP contribution in [0.3, 0.4) is 0 Å². The highest BCUT2D eigenvalue weighted by molar-refractivity contribution is 9.10. The Balaban J connectivity index is 1.71. The van der Waals surface area contributed by atoms with E-state index >= 15 is 0 Å². The van der Waals surface area contributed by atoms with Gasteiger partial charge in [0, 0.05) is 22.8 Å². The Labute approximate surface area is 129 Å². The van der Waals surface area contributed by atoms with Crippen molar-refractivity contribution in [2.45, 2.75) is 19.8 Å². The molecule has 0 amide bonds. The number of rotatable bonds is 3. The molecule has 0 unspecified atom stereocenters. The lowest BCUT2D eigenvalue weighted by Gasteiger charge is -2.08. The van der Waals surface area contributed by atoms with Gasteiger partial charge in [-0.3, -0.25) is 0 Å². The van der Waals surface area contributed by atoms with Crippen LogP contribution >= 0.6 is 15.9 Å². The van der Waals surface area contributed by atoms with Gasteiger partial charge >= 0.3 is 6.29 Å². The highest BCUT2D eigenvalue weighted by Crippen LogP contribution is 2.42. The molecule has 2 aromatic carbocycles. The molecule has 0 saturated carbocycles. The summed E-state index contributed by atoms with van der Waals surface area (Å²) in [5, 5.41) is 3.16. The number of halogens is 3. The van der Waals surface area contributed by atoms with Gasteiger partial charge < -0.3 is 14.8 Å². The normalized spacial score (nSPS) is 15.0. The monoisotopic (exact) mass is 355 g/mol. The van der Waals surface area contributed by atoms with Crippen molar-refractivity contribution in [2.24, 2.45) is 0 Å². The molecule has 0 aliphatic carbocycles. The smallest absolute Gasteiger partial charge is 0.395 e. The fourth-order valence-corrected chi connectivity index (χ4v) is 2.44. The lowest BCUT2D eigenvalue weighted by molar-refractivity contribution is -0.286. The molecule has 2 aromatic rings. The minimum atomic E-state index is -3.58. The second-order valence-electron chi connectivity index (χ2n) is 4.77. The second kappa shape index (κ2) is 5.18. The van der Waals surface area contributed by atoms with Crippen LogP contribution in [0.5, 0.6) is 11.5 Å². The summed E-state index contributed by atoms with van der Waals surface area (Å²) in [5.74, 6) is 0.0821. The maximum atomic E-state index is 12.9. The Kier molecular flexibility index (Phi) is 3.49. The average molecular weight is 356 g/mol. The molecule has 1 heterocycles. The van der Waals surface area contributed by atoms with E-state index in [2.05, 4.69) is 30.7 Å². The Morgan fingerprint density at radius 3 is 2.62 bits per heavy atom. The molecule has 1 aliphatic heterocycles. The van der Waals surface area contributed by atoms with Gasteiger partial charge in [0.25, 0.3) is 0 Å². The highest BCUT2D eigenvalue weighted by Gasteiger charge is 2.43. The molecule has 1 N–H and O–H groups in total. The lowest BCUT2D eigenvalue weighted by atomic mass is 10.1. The molecular formula is C15H12BrF2NO2. The molecule has 0 fully saturated rings. The van der Waals surface area contributed by atoms with Crippen LogP contribution in [0, 0.1) is 6.92 Å². The molecule has 0 saturated heterocycles. The van der Waals surface area contributed by atoms with Crippen molar-refractivity contribution in [1.82, 2.24) is 0 Å². The second-order valence-corrected chi connectivity index (χ2v) is 5.62. The molecule has 0 atom stereocenters. The number of hydrogen-bond donors (Lipinski definition) is 1. The first-order valence-electron chi connectivity index (χ1n) is 6.32. The molecule has 0 bridgehead atoms. The number of alkyl halides is 2. The van der Waals surface area contributed by atoms with E-state index in [9.17, 15) is 8.78 Å². The van der Waals surface area contributed by atoms with Gasteiger partial charge in [0.1, 0.15) is 0 Å². The van der Waals surface area contributed by atoms with E-state index in [1.54, 1.807) is 6.07 Å². The highest BCUT2D eigenvalue weighted by atomic mass is 79.9. The van der Waals surface area contributed by atoms with Crippen LogP contribution in [0.25, 0.3) is 0 Å². The van der Waals surface area contributed by atoms with E-state index in [1.807, 2.05) is 25.1 Å². The van der Waals surface area contributed by atoms with Gasteiger partial charge in [0.05, 0.1) is 0 Å². The number of fused-ring (bicyclic) bond motifs is 1. The summed E-state index contributed by atoms with van der Waals surface area (Å²) in [5.41, 5.74) is 2.92. The van der Waals surface area contributed by atoms with E-state index < -0.39 is 6.29 Å². The molecule has 21 heavy (non-hydrogen) atoms. The summed E-state index contributed by atoms with van der Waals surface area (Å²) in [6.45, 7) is 2.59. The SMILES string of the molecule is Cc1ccc(CNc2ccc3c(c2)OC(F)(F)O3)cc1Br. The Morgan fingerprint density at radius 1 is 1.10 bits per heavy atom. The van der Waals surface area contributed by atoms with Gasteiger partial charge in [-0.2, -0.15) is 0 Å². The number of ether oxygens (including phenoxy) is 2. The molecule has 3 rings (SSSR count). The van der Waals surface area contributed by atoms with Crippen molar-refractivity contribution < 1.29 is 18.3 Å². The van der Waals surface area contributed by atoms with Crippen LogP contribution in [0.4, 0.5) is 14.5 Å². The average Bonchev–Trinajstić information content (AvgIpc) is 2.73. The van der Waals surface area contributed by atoms with Crippen molar-refractivity contribution in [3.8, 4) is 11.5 Å². The summed E-state index contributed by atoms with van der Waals surface area (Å²) in [6, 6.07) is 10.7. The fraction of sp³-hybridized carbons (Fsp3) is 0.200. The number of hydrogen-bond acceptors (Lipinski definition) is 3. The molecule has 0 aromatic heterocycles. The Hall–Kier alpha value is -1.82.